The third-order valence-corrected chi connectivity index (χ3v) is 5.73. The minimum Gasteiger partial charge on any atom is -0.356 e. The van der Waals surface area contributed by atoms with Gasteiger partial charge in [0.05, 0.1) is 5.56 Å². The van der Waals surface area contributed by atoms with Crippen LogP contribution in [0.1, 0.15) is 35.3 Å². The summed E-state index contributed by atoms with van der Waals surface area (Å²) in [6.07, 6.45) is 3.70. The summed E-state index contributed by atoms with van der Waals surface area (Å²) in [6.45, 7) is 4.07. The maximum absolute atomic E-state index is 12.5. The van der Waals surface area contributed by atoms with Crippen molar-refractivity contribution in [1.82, 2.24) is 9.97 Å². The Morgan fingerprint density at radius 2 is 1.67 bits per heavy atom. The first-order valence-electron chi connectivity index (χ1n) is 10.1. The normalized spacial score (nSPS) is 13.7. The lowest BCUT2D eigenvalue weighted by Gasteiger charge is -2.28. The van der Waals surface area contributed by atoms with E-state index in [-0.39, 0.29) is 5.91 Å². The molecule has 0 atom stereocenters. The van der Waals surface area contributed by atoms with Gasteiger partial charge in [0, 0.05) is 40.7 Å². The molecule has 1 amide bonds. The second-order valence-corrected chi connectivity index (χ2v) is 8.23. The number of anilines is 4. The van der Waals surface area contributed by atoms with E-state index in [0.29, 0.717) is 11.5 Å². The van der Waals surface area contributed by atoms with Gasteiger partial charge >= 0.3 is 0 Å². The second-order valence-electron chi connectivity index (χ2n) is 7.38. The Morgan fingerprint density at radius 3 is 2.40 bits per heavy atom. The summed E-state index contributed by atoms with van der Waals surface area (Å²) in [6, 6.07) is 16.9. The van der Waals surface area contributed by atoms with E-state index in [1.165, 1.54) is 19.3 Å². The van der Waals surface area contributed by atoms with E-state index in [9.17, 15) is 4.79 Å². The molecule has 30 heavy (non-hydrogen) atoms. The second kappa shape index (κ2) is 9.26. The van der Waals surface area contributed by atoms with Crippen LogP contribution in [0.15, 0.2) is 59.1 Å². The smallest absolute Gasteiger partial charge is 0.256 e. The zero-order valence-electron chi connectivity index (χ0n) is 16.9. The Labute approximate surface area is 184 Å². The third kappa shape index (κ3) is 4.97. The molecular weight excluding hydrogens is 442 g/mol. The van der Waals surface area contributed by atoms with Crippen LogP contribution in [0.3, 0.4) is 0 Å². The van der Waals surface area contributed by atoms with E-state index in [1.807, 2.05) is 55.5 Å². The van der Waals surface area contributed by atoms with Crippen LogP contribution in [0.4, 0.5) is 23.1 Å². The summed E-state index contributed by atoms with van der Waals surface area (Å²) < 4.78 is 0.766. The van der Waals surface area contributed by atoms with Crippen LogP contribution < -0.4 is 15.5 Å². The van der Waals surface area contributed by atoms with Crippen molar-refractivity contribution < 1.29 is 4.79 Å². The average molecular weight is 466 g/mol. The number of nitrogens with one attached hydrogen (secondary N) is 2. The van der Waals surface area contributed by atoms with Crippen molar-refractivity contribution in [3.8, 4) is 0 Å². The van der Waals surface area contributed by atoms with Gasteiger partial charge < -0.3 is 15.5 Å². The molecule has 154 valence electrons. The van der Waals surface area contributed by atoms with Crippen molar-refractivity contribution in [3.63, 3.8) is 0 Å². The molecule has 0 unspecified atom stereocenters. The maximum atomic E-state index is 12.5. The van der Waals surface area contributed by atoms with Crippen LogP contribution in [-0.2, 0) is 0 Å². The molecule has 2 N–H and O–H groups in total. The number of nitrogens with zero attached hydrogens (tertiary/aromatic N) is 3. The molecule has 1 aliphatic heterocycles. The van der Waals surface area contributed by atoms with Gasteiger partial charge in [-0.3, -0.25) is 4.79 Å². The summed E-state index contributed by atoms with van der Waals surface area (Å²) in [5, 5.41) is 6.19. The number of hydrogen-bond donors (Lipinski definition) is 2. The monoisotopic (exact) mass is 465 g/mol. The SMILES string of the molecule is Cc1cc(N2CCCCC2)nc(Nc2ccc(NC(=O)c3ccccc3Br)cc2)n1. The molecule has 1 saturated heterocycles. The van der Waals surface area contributed by atoms with Crippen LogP contribution in [0.2, 0.25) is 0 Å². The molecule has 0 bridgehead atoms. The number of piperidine rings is 1. The first kappa shape index (κ1) is 20.3. The number of carbonyl (C=O) groups excluding carboxylic acids is 1. The van der Waals surface area contributed by atoms with E-state index in [4.69, 9.17) is 4.98 Å². The van der Waals surface area contributed by atoms with E-state index in [0.717, 1.165) is 40.4 Å². The summed E-state index contributed by atoms with van der Waals surface area (Å²) in [7, 11) is 0. The van der Waals surface area contributed by atoms with Crippen LogP contribution in [-0.4, -0.2) is 29.0 Å². The molecule has 1 aromatic heterocycles. The molecule has 6 nitrogen and oxygen atoms in total. The van der Waals surface area contributed by atoms with Gasteiger partial charge in [-0.05, 0) is 78.5 Å². The van der Waals surface area contributed by atoms with Crippen LogP contribution in [0, 0.1) is 6.92 Å². The molecule has 1 fully saturated rings. The van der Waals surface area contributed by atoms with Gasteiger partial charge in [0.2, 0.25) is 5.95 Å². The Morgan fingerprint density at radius 1 is 0.967 bits per heavy atom. The highest BCUT2D eigenvalue weighted by atomic mass is 79.9. The molecule has 1 aliphatic rings. The Balaban J connectivity index is 1.44. The van der Waals surface area contributed by atoms with Crippen LogP contribution in [0.25, 0.3) is 0 Å². The lowest BCUT2D eigenvalue weighted by molar-refractivity contribution is 0.102. The van der Waals surface area contributed by atoms with Crippen molar-refractivity contribution in [2.24, 2.45) is 0 Å². The fraction of sp³-hybridized carbons (Fsp3) is 0.261. The third-order valence-electron chi connectivity index (χ3n) is 5.04. The predicted molar refractivity (Wildman–Crippen MR) is 125 cm³/mol. The summed E-state index contributed by atoms with van der Waals surface area (Å²) >= 11 is 3.41. The number of aryl methyl sites for hydroxylation is 1. The Kier molecular flexibility index (Phi) is 6.28. The van der Waals surface area contributed by atoms with Gasteiger partial charge in [-0.15, -0.1) is 0 Å². The maximum Gasteiger partial charge on any atom is 0.256 e. The number of aromatic nitrogens is 2. The van der Waals surface area contributed by atoms with Gasteiger partial charge in [-0.2, -0.15) is 4.98 Å². The summed E-state index contributed by atoms with van der Waals surface area (Å²) in [4.78, 5) is 24.0. The van der Waals surface area contributed by atoms with Crippen molar-refractivity contribution in [3.05, 3.63) is 70.3 Å². The highest BCUT2D eigenvalue weighted by Gasteiger charge is 2.14. The molecule has 4 rings (SSSR count). The van der Waals surface area contributed by atoms with Gasteiger partial charge in [0.15, 0.2) is 0 Å². The largest absolute Gasteiger partial charge is 0.356 e. The lowest BCUT2D eigenvalue weighted by Crippen LogP contribution is -2.30. The zero-order chi connectivity index (χ0) is 20.9. The van der Waals surface area contributed by atoms with Gasteiger partial charge in [-0.1, -0.05) is 12.1 Å². The van der Waals surface area contributed by atoms with Crippen molar-refractivity contribution >= 4 is 45.0 Å². The van der Waals surface area contributed by atoms with Crippen molar-refractivity contribution in [2.45, 2.75) is 26.2 Å². The first-order chi connectivity index (χ1) is 14.6. The molecular formula is C23H24BrN5O. The molecule has 7 heteroatoms. The van der Waals surface area contributed by atoms with Gasteiger partial charge in [0.1, 0.15) is 5.82 Å². The fourth-order valence-corrected chi connectivity index (χ4v) is 3.97. The number of halogens is 1. The van der Waals surface area contributed by atoms with E-state index >= 15 is 0 Å². The highest BCUT2D eigenvalue weighted by Crippen LogP contribution is 2.23. The topological polar surface area (TPSA) is 70.2 Å². The highest BCUT2D eigenvalue weighted by molar-refractivity contribution is 9.10. The fourth-order valence-electron chi connectivity index (χ4n) is 3.50. The average Bonchev–Trinajstić information content (AvgIpc) is 2.75. The minimum atomic E-state index is -0.156. The van der Waals surface area contributed by atoms with E-state index in [1.54, 1.807) is 6.07 Å². The number of amides is 1. The number of hydrogen-bond acceptors (Lipinski definition) is 5. The van der Waals surface area contributed by atoms with Crippen molar-refractivity contribution in [2.75, 3.05) is 28.6 Å². The van der Waals surface area contributed by atoms with Crippen LogP contribution in [0.5, 0.6) is 0 Å². The van der Waals surface area contributed by atoms with E-state index < -0.39 is 0 Å². The van der Waals surface area contributed by atoms with E-state index in [2.05, 4.69) is 36.4 Å². The standard InChI is InChI=1S/C23H24BrN5O/c1-16-15-21(29-13-5-2-6-14-29)28-23(25-16)27-18-11-9-17(10-12-18)26-22(30)19-7-3-4-8-20(19)24/h3-4,7-12,15H,2,5-6,13-14H2,1H3,(H,26,30)(H,25,27,28). The quantitative estimate of drug-likeness (QED) is 0.517. The van der Waals surface area contributed by atoms with Crippen molar-refractivity contribution in [1.29, 1.82) is 0 Å². The number of rotatable bonds is 5. The zero-order valence-corrected chi connectivity index (χ0v) is 18.4. The number of carbonyl (C=O) groups is 1. The molecule has 2 heterocycles. The summed E-state index contributed by atoms with van der Waals surface area (Å²) in [5.41, 5.74) is 3.12. The van der Waals surface area contributed by atoms with Crippen LogP contribution >= 0.6 is 15.9 Å². The van der Waals surface area contributed by atoms with Gasteiger partial charge in [0.25, 0.3) is 5.91 Å². The number of benzene rings is 2. The summed E-state index contributed by atoms with van der Waals surface area (Å²) in [5.74, 6) is 1.40. The first-order valence-corrected chi connectivity index (χ1v) is 10.9. The molecule has 0 aliphatic carbocycles. The predicted octanol–water partition coefficient (Wildman–Crippen LogP) is 5.53. The molecule has 0 radical (unpaired) electrons. The van der Waals surface area contributed by atoms with Gasteiger partial charge in [-0.25, -0.2) is 4.98 Å². The lowest BCUT2D eigenvalue weighted by atomic mass is 10.1. The Hall–Kier alpha value is -2.93. The minimum absolute atomic E-state index is 0.156. The molecule has 2 aromatic carbocycles. The molecule has 0 saturated carbocycles. The Bertz CT molecular complexity index is 1030. The molecule has 0 spiro atoms. The molecule has 3 aromatic rings.